The Labute approximate surface area is 119 Å². The van der Waals surface area contributed by atoms with Gasteiger partial charge in [-0.3, -0.25) is 4.90 Å². The van der Waals surface area contributed by atoms with E-state index in [4.69, 9.17) is 10.5 Å². The highest BCUT2D eigenvalue weighted by Gasteiger charge is 2.38. The molecule has 0 aromatic heterocycles. The van der Waals surface area contributed by atoms with Gasteiger partial charge in [-0.25, -0.2) is 0 Å². The quantitative estimate of drug-likeness (QED) is 0.763. The van der Waals surface area contributed by atoms with Crippen LogP contribution in [0.1, 0.15) is 39.5 Å². The van der Waals surface area contributed by atoms with Crippen LogP contribution in [0.3, 0.4) is 0 Å². The summed E-state index contributed by atoms with van der Waals surface area (Å²) in [5.41, 5.74) is 6.38. The van der Waals surface area contributed by atoms with E-state index in [2.05, 4.69) is 30.7 Å². The summed E-state index contributed by atoms with van der Waals surface area (Å²) in [6.07, 6.45) is 4.80. The molecule has 4 heteroatoms. The predicted octanol–water partition coefficient (Wildman–Crippen LogP) is 1.55. The van der Waals surface area contributed by atoms with Gasteiger partial charge in [0, 0.05) is 31.8 Å². The van der Waals surface area contributed by atoms with E-state index in [0.717, 1.165) is 26.2 Å². The normalized spacial score (nSPS) is 27.5. The molecule has 2 unspecified atom stereocenters. The molecule has 0 radical (unpaired) electrons. The Hall–Kier alpha value is -0.160. The van der Waals surface area contributed by atoms with Crippen molar-refractivity contribution in [1.29, 1.82) is 0 Å². The molecule has 1 heterocycles. The second-order valence-corrected chi connectivity index (χ2v) is 6.03. The minimum Gasteiger partial charge on any atom is -0.383 e. The van der Waals surface area contributed by atoms with Gasteiger partial charge in [0.2, 0.25) is 0 Å². The smallest absolute Gasteiger partial charge is 0.0590 e. The lowest BCUT2D eigenvalue weighted by Crippen LogP contribution is -2.58. The molecule has 1 saturated heterocycles. The Morgan fingerprint density at radius 1 is 1.37 bits per heavy atom. The SMILES string of the molecule is CCC(C)N(CCOC)C1(CN)CCCN(C)CC1. The number of ether oxygens (including phenoxy) is 1. The Kier molecular flexibility index (Phi) is 7.29. The Morgan fingerprint density at radius 2 is 2.11 bits per heavy atom. The molecule has 0 amide bonds. The largest absolute Gasteiger partial charge is 0.383 e. The third-order valence-corrected chi connectivity index (χ3v) is 4.79. The van der Waals surface area contributed by atoms with Gasteiger partial charge in [-0.15, -0.1) is 0 Å². The molecule has 1 aliphatic heterocycles. The second-order valence-electron chi connectivity index (χ2n) is 6.03. The van der Waals surface area contributed by atoms with Gasteiger partial charge in [0.25, 0.3) is 0 Å². The highest BCUT2D eigenvalue weighted by molar-refractivity contribution is 4.96. The molecule has 1 aliphatic rings. The minimum atomic E-state index is 0.165. The fourth-order valence-electron chi connectivity index (χ4n) is 3.26. The summed E-state index contributed by atoms with van der Waals surface area (Å²) in [5, 5.41) is 0. The summed E-state index contributed by atoms with van der Waals surface area (Å²) < 4.78 is 5.31. The van der Waals surface area contributed by atoms with Gasteiger partial charge in [-0.1, -0.05) is 6.92 Å². The number of nitrogens with two attached hydrogens (primary N) is 1. The summed E-state index contributed by atoms with van der Waals surface area (Å²) in [4.78, 5) is 5.05. The molecule has 19 heavy (non-hydrogen) atoms. The molecule has 0 aliphatic carbocycles. The number of nitrogens with zero attached hydrogens (tertiary/aromatic N) is 2. The molecule has 0 aromatic carbocycles. The zero-order chi connectivity index (χ0) is 14.3. The van der Waals surface area contributed by atoms with Gasteiger partial charge >= 0.3 is 0 Å². The molecule has 0 aromatic rings. The van der Waals surface area contributed by atoms with Gasteiger partial charge in [0.15, 0.2) is 0 Å². The summed E-state index contributed by atoms with van der Waals surface area (Å²) in [6, 6.07) is 0.571. The van der Waals surface area contributed by atoms with E-state index in [0.29, 0.717) is 6.04 Å². The van der Waals surface area contributed by atoms with E-state index in [1.807, 2.05) is 0 Å². The van der Waals surface area contributed by atoms with Gasteiger partial charge in [0.1, 0.15) is 0 Å². The van der Waals surface area contributed by atoms with Crippen LogP contribution in [0.2, 0.25) is 0 Å². The molecule has 0 spiro atoms. The van der Waals surface area contributed by atoms with Crippen molar-refractivity contribution in [2.24, 2.45) is 5.73 Å². The molecule has 114 valence electrons. The predicted molar refractivity (Wildman–Crippen MR) is 81.5 cm³/mol. The van der Waals surface area contributed by atoms with Crippen LogP contribution in [-0.4, -0.2) is 68.3 Å². The summed E-state index contributed by atoms with van der Waals surface area (Å²) in [5.74, 6) is 0. The first kappa shape index (κ1) is 16.9. The van der Waals surface area contributed by atoms with Crippen LogP contribution in [0.15, 0.2) is 0 Å². The van der Waals surface area contributed by atoms with Crippen LogP contribution in [-0.2, 0) is 4.74 Å². The molecule has 1 rings (SSSR count). The highest BCUT2D eigenvalue weighted by Crippen LogP contribution is 2.30. The Bertz CT molecular complexity index is 250. The third-order valence-electron chi connectivity index (χ3n) is 4.79. The van der Waals surface area contributed by atoms with Crippen molar-refractivity contribution in [3.05, 3.63) is 0 Å². The fourth-order valence-corrected chi connectivity index (χ4v) is 3.26. The first-order valence-corrected chi connectivity index (χ1v) is 7.74. The number of methoxy groups -OCH3 is 1. The molecule has 2 N–H and O–H groups in total. The van der Waals surface area contributed by atoms with E-state index in [1.165, 1.54) is 32.2 Å². The molecule has 4 nitrogen and oxygen atoms in total. The second kappa shape index (κ2) is 8.20. The van der Waals surface area contributed by atoms with Crippen molar-refractivity contribution < 1.29 is 4.74 Å². The van der Waals surface area contributed by atoms with E-state index in [9.17, 15) is 0 Å². The van der Waals surface area contributed by atoms with Crippen molar-refractivity contribution >= 4 is 0 Å². The highest BCUT2D eigenvalue weighted by atomic mass is 16.5. The maximum absolute atomic E-state index is 6.22. The first-order chi connectivity index (χ1) is 9.09. The molecule has 0 bridgehead atoms. The average Bonchev–Trinajstić information content (AvgIpc) is 2.62. The lowest BCUT2D eigenvalue weighted by atomic mass is 9.86. The van der Waals surface area contributed by atoms with Crippen molar-refractivity contribution in [3.8, 4) is 0 Å². The maximum atomic E-state index is 6.22. The zero-order valence-electron chi connectivity index (χ0n) is 13.3. The maximum Gasteiger partial charge on any atom is 0.0590 e. The Balaban J connectivity index is 2.85. The summed E-state index contributed by atoms with van der Waals surface area (Å²) in [6.45, 7) is 9.47. The van der Waals surface area contributed by atoms with E-state index >= 15 is 0 Å². The lowest BCUT2D eigenvalue weighted by Gasteiger charge is -2.46. The standard InChI is InChI=1S/C15H33N3O/c1-5-14(2)18(11-12-19-4)15(13-16)7-6-9-17(3)10-8-15/h14H,5-13,16H2,1-4H3. The van der Waals surface area contributed by atoms with Crippen LogP contribution in [0.5, 0.6) is 0 Å². The zero-order valence-corrected chi connectivity index (χ0v) is 13.3. The number of likely N-dealkylation sites (tertiary alicyclic amines) is 1. The molecule has 1 fully saturated rings. The van der Waals surface area contributed by atoms with Crippen molar-refractivity contribution in [3.63, 3.8) is 0 Å². The van der Waals surface area contributed by atoms with Gasteiger partial charge in [-0.2, -0.15) is 0 Å². The van der Waals surface area contributed by atoms with E-state index in [1.54, 1.807) is 7.11 Å². The van der Waals surface area contributed by atoms with E-state index < -0.39 is 0 Å². The molecule has 2 atom stereocenters. The van der Waals surface area contributed by atoms with E-state index in [-0.39, 0.29) is 5.54 Å². The van der Waals surface area contributed by atoms with Gasteiger partial charge in [-0.05, 0) is 52.7 Å². The van der Waals surface area contributed by atoms with Crippen molar-refractivity contribution in [2.75, 3.05) is 46.9 Å². The van der Waals surface area contributed by atoms with Crippen LogP contribution in [0, 0.1) is 0 Å². The fraction of sp³-hybridized carbons (Fsp3) is 1.00. The van der Waals surface area contributed by atoms with Crippen molar-refractivity contribution in [2.45, 2.75) is 51.1 Å². The summed E-state index contributed by atoms with van der Waals surface area (Å²) in [7, 11) is 4.00. The first-order valence-electron chi connectivity index (χ1n) is 7.74. The van der Waals surface area contributed by atoms with Crippen LogP contribution < -0.4 is 5.73 Å². The molecular formula is C15H33N3O. The minimum absolute atomic E-state index is 0.165. The third kappa shape index (κ3) is 4.42. The number of hydrogen-bond acceptors (Lipinski definition) is 4. The average molecular weight is 271 g/mol. The topological polar surface area (TPSA) is 41.7 Å². The lowest BCUT2D eigenvalue weighted by molar-refractivity contribution is 0.0177. The molecule has 0 saturated carbocycles. The summed E-state index contributed by atoms with van der Waals surface area (Å²) >= 11 is 0. The molecular weight excluding hydrogens is 238 g/mol. The van der Waals surface area contributed by atoms with Crippen molar-refractivity contribution in [1.82, 2.24) is 9.80 Å². The number of rotatable bonds is 7. The monoisotopic (exact) mass is 271 g/mol. The van der Waals surface area contributed by atoms with Crippen LogP contribution >= 0.6 is 0 Å². The van der Waals surface area contributed by atoms with Crippen LogP contribution in [0.4, 0.5) is 0 Å². The Morgan fingerprint density at radius 3 is 2.68 bits per heavy atom. The van der Waals surface area contributed by atoms with Crippen LogP contribution in [0.25, 0.3) is 0 Å². The number of hydrogen-bond donors (Lipinski definition) is 1. The van der Waals surface area contributed by atoms with Gasteiger partial charge in [0.05, 0.1) is 6.61 Å². The van der Waals surface area contributed by atoms with Gasteiger partial charge < -0.3 is 15.4 Å².